The first-order valence-electron chi connectivity index (χ1n) is 11.9. The molecule has 0 heterocycles. The van der Waals surface area contributed by atoms with E-state index in [4.69, 9.17) is 14.9 Å². The molecule has 0 saturated heterocycles. The Kier molecular flexibility index (Phi) is 8.87. The largest absolute Gasteiger partial charge is 0.481 e. The van der Waals surface area contributed by atoms with E-state index < -0.39 is 24.0 Å². The molecule has 2 amide bonds. The van der Waals surface area contributed by atoms with Gasteiger partial charge >= 0.3 is 12.1 Å². The van der Waals surface area contributed by atoms with Gasteiger partial charge in [-0.1, -0.05) is 62.4 Å². The molecule has 3 rings (SSSR count). The molecular formula is C27H34N2O6. The van der Waals surface area contributed by atoms with Crippen LogP contribution in [-0.4, -0.2) is 54.0 Å². The van der Waals surface area contributed by atoms with Crippen LogP contribution in [0.15, 0.2) is 48.5 Å². The fourth-order valence-electron chi connectivity index (χ4n) is 4.41. The molecule has 1 aliphatic carbocycles. The van der Waals surface area contributed by atoms with E-state index >= 15 is 0 Å². The lowest BCUT2D eigenvalue weighted by atomic mass is 9.88. The molecule has 0 bridgehead atoms. The fourth-order valence-corrected chi connectivity index (χ4v) is 4.41. The van der Waals surface area contributed by atoms with Crippen LogP contribution in [0.5, 0.6) is 0 Å². The molecule has 1 unspecified atom stereocenters. The highest BCUT2D eigenvalue weighted by Gasteiger charge is 2.30. The van der Waals surface area contributed by atoms with Gasteiger partial charge in [0.25, 0.3) is 0 Å². The van der Waals surface area contributed by atoms with Crippen molar-refractivity contribution in [2.45, 2.75) is 51.5 Å². The lowest BCUT2D eigenvalue weighted by Gasteiger charge is -2.26. The molecular weight excluding hydrogens is 448 g/mol. The SMILES string of the molecule is CC(C)(CCCO)CNC(=O)C(CCC(=O)O)NC(=O)OCC1c2ccccc2-c2ccccc21. The van der Waals surface area contributed by atoms with Crippen molar-refractivity contribution < 1.29 is 29.3 Å². The van der Waals surface area contributed by atoms with Crippen LogP contribution >= 0.6 is 0 Å². The van der Waals surface area contributed by atoms with E-state index in [2.05, 4.69) is 10.6 Å². The minimum Gasteiger partial charge on any atom is -0.481 e. The Hall–Kier alpha value is -3.39. The molecule has 2 aromatic carbocycles. The van der Waals surface area contributed by atoms with Crippen LogP contribution in [0, 0.1) is 5.41 Å². The van der Waals surface area contributed by atoms with Crippen molar-refractivity contribution in [2.75, 3.05) is 19.8 Å². The van der Waals surface area contributed by atoms with Crippen molar-refractivity contribution in [3.05, 3.63) is 59.7 Å². The Bertz CT molecular complexity index is 1010. The van der Waals surface area contributed by atoms with Crippen LogP contribution < -0.4 is 10.6 Å². The topological polar surface area (TPSA) is 125 Å². The van der Waals surface area contributed by atoms with Crippen LogP contribution in [0.1, 0.15) is 56.6 Å². The fraction of sp³-hybridized carbons (Fsp3) is 0.444. The van der Waals surface area contributed by atoms with Crippen molar-refractivity contribution in [2.24, 2.45) is 5.41 Å². The normalized spacial score (nSPS) is 13.5. The second-order valence-corrected chi connectivity index (χ2v) is 9.66. The molecule has 0 aliphatic heterocycles. The van der Waals surface area contributed by atoms with Crippen LogP contribution in [0.25, 0.3) is 11.1 Å². The number of carboxylic acid groups (broad SMARTS) is 1. The van der Waals surface area contributed by atoms with Crippen molar-refractivity contribution in [1.82, 2.24) is 10.6 Å². The van der Waals surface area contributed by atoms with Gasteiger partial charge in [0.1, 0.15) is 12.6 Å². The summed E-state index contributed by atoms with van der Waals surface area (Å²) in [6, 6.07) is 14.9. The van der Waals surface area contributed by atoms with Gasteiger partial charge in [-0.2, -0.15) is 0 Å². The standard InChI is InChI=1S/C27H34N2O6/c1-27(2,14-7-15-30)17-28-25(33)23(12-13-24(31)32)29-26(34)35-16-22-20-10-5-3-8-18(20)19-9-4-6-11-21(19)22/h3-6,8-11,22-23,30H,7,12-17H2,1-2H3,(H,28,33)(H,29,34)(H,31,32). The lowest BCUT2D eigenvalue weighted by Crippen LogP contribution is -2.49. The van der Waals surface area contributed by atoms with Gasteiger partial charge < -0.3 is 25.6 Å². The second kappa shape index (κ2) is 11.8. The number of benzene rings is 2. The molecule has 1 aliphatic rings. The van der Waals surface area contributed by atoms with Crippen LogP contribution in [0.3, 0.4) is 0 Å². The Labute approximate surface area is 205 Å². The number of fused-ring (bicyclic) bond motifs is 3. The van der Waals surface area contributed by atoms with E-state index in [9.17, 15) is 14.4 Å². The third-order valence-corrected chi connectivity index (χ3v) is 6.35. The number of nitrogens with one attached hydrogen (secondary N) is 2. The number of amides is 2. The van der Waals surface area contributed by atoms with Gasteiger partial charge in [-0.3, -0.25) is 9.59 Å². The molecule has 0 saturated carbocycles. The number of ether oxygens (including phenoxy) is 1. The zero-order chi connectivity index (χ0) is 25.4. The van der Waals surface area contributed by atoms with Gasteiger partial charge in [0.05, 0.1) is 0 Å². The lowest BCUT2D eigenvalue weighted by molar-refractivity contribution is -0.137. The Balaban J connectivity index is 1.61. The number of hydrogen-bond donors (Lipinski definition) is 4. The monoisotopic (exact) mass is 482 g/mol. The summed E-state index contributed by atoms with van der Waals surface area (Å²) in [5.41, 5.74) is 4.12. The van der Waals surface area contributed by atoms with Crippen LogP contribution in [0.4, 0.5) is 4.79 Å². The second-order valence-electron chi connectivity index (χ2n) is 9.66. The van der Waals surface area contributed by atoms with E-state index in [1.165, 1.54) is 0 Å². The summed E-state index contributed by atoms with van der Waals surface area (Å²) in [5.74, 6) is -1.64. The number of alkyl carbamates (subject to hydrolysis) is 1. The number of carbonyl (C=O) groups is 3. The number of carbonyl (C=O) groups excluding carboxylic acids is 2. The predicted octanol–water partition coefficient (Wildman–Crippen LogP) is 3.67. The average Bonchev–Trinajstić information content (AvgIpc) is 3.16. The number of aliphatic carboxylic acids is 1. The molecule has 8 heteroatoms. The molecule has 1 atom stereocenters. The third kappa shape index (κ3) is 7.05. The highest BCUT2D eigenvalue weighted by Crippen LogP contribution is 2.44. The van der Waals surface area contributed by atoms with Crippen molar-refractivity contribution >= 4 is 18.0 Å². The molecule has 4 N–H and O–H groups in total. The first-order valence-corrected chi connectivity index (χ1v) is 11.9. The molecule has 188 valence electrons. The summed E-state index contributed by atoms with van der Waals surface area (Å²) in [6.07, 6.45) is 0.238. The van der Waals surface area contributed by atoms with Crippen molar-refractivity contribution in [3.8, 4) is 11.1 Å². The summed E-state index contributed by atoms with van der Waals surface area (Å²) in [5, 5.41) is 23.5. The first kappa shape index (κ1) is 26.2. The smallest absolute Gasteiger partial charge is 0.407 e. The summed E-state index contributed by atoms with van der Waals surface area (Å²) in [7, 11) is 0. The maximum atomic E-state index is 12.8. The summed E-state index contributed by atoms with van der Waals surface area (Å²) in [4.78, 5) is 36.5. The third-order valence-electron chi connectivity index (χ3n) is 6.35. The van der Waals surface area contributed by atoms with Crippen LogP contribution in [-0.2, 0) is 14.3 Å². The molecule has 0 radical (unpaired) electrons. The van der Waals surface area contributed by atoms with Gasteiger partial charge in [-0.15, -0.1) is 0 Å². The number of carboxylic acids is 1. The Morgan fingerprint density at radius 1 is 1.03 bits per heavy atom. The number of rotatable bonds is 12. The highest BCUT2D eigenvalue weighted by atomic mass is 16.5. The van der Waals surface area contributed by atoms with E-state index in [-0.39, 0.29) is 37.4 Å². The summed E-state index contributed by atoms with van der Waals surface area (Å²) >= 11 is 0. The molecule has 0 aromatic heterocycles. The quantitative estimate of drug-likeness (QED) is 0.366. The molecule has 0 fully saturated rings. The van der Waals surface area contributed by atoms with E-state index in [1.807, 2.05) is 62.4 Å². The first-order chi connectivity index (χ1) is 16.7. The number of hydrogen-bond acceptors (Lipinski definition) is 5. The minimum atomic E-state index is -1.06. The van der Waals surface area contributed by atoms with E-state index in [0.717, 1.165) is 22.3 Å². The minimum absolute atomic E-state index is 0.0531. The van der Waals surface area contributed by atoms with Crippen molar-refractivity contribution in [3.63, 3.8) is 0 Å². The molecule has 2 aromatic rings. The maximum absolute atomic E-state index is 12.8. The van der Waals surface area contributed by atoms with E-state index in [0.29, 0.717) is 19.4 Å². The zero-order valence-electron chi connectivity index (χ0n) is 20.3. The molecule has 35 heavy (non-hydrogen) atoms. The number of aliphatic hydroxyl groups is 1. The highest BCUT2D eigenvalue weighted by molar-refractivity contribution is 5.86. The summed E-state index contributed by atoms with van der Waals surface area (Å²) < 4.78 is 5.52. The van der Waals surface area contributed by atoms with Gasteiger partial charge in [0.15, 0.2) is 0 Å². The Morgan fingerprint density at radius 3 is 2.20 bits per heavy atom. The van der Waals surface area contributed by atoms with Gasteiger partial charge in [-0.05, 0) is 46.9 Å². The molecule has 0 spiro atoms. The maximum Gasteiger partial charge on any atom is 0.407 e. The van der Waals surface area contributed by atoms with Crippen molar-refractivity contribution in [1.29, 1.82) is 0 Å². The van der Waals surface area contributed by atoms with Gasteiger partial charge in [0.2, 0.25) is 5.91 Å². The predicted molar refractivity (Wildman–Crippen MR) is 132 cm³/mol. The Morgan fingerprint density at radius 2 is 1.63 bits per heavy atom. The average molecular weight is 483 g/mol. The van der Waals surface area contributed by atoms with Gasteiger partial charge in [0, 0.05) is 25.5 Å². The zero-order valence-corrected chi connectivity index (χ0v) is 20.3. The number of aliphatic hydroxyl groups excluding tert-OH is 1. The molecule has 8 nitrogen and oxygen atoms in total. The van der Waals surface area contributed by atoms with Crippen LogP contribution in [0.2, 0.25) is 0 Å². The van der Waals surface area contributed by atoms with E-state index in [1.54, 1.807) is 0 Å². The van der Waals surface area contributed by atoms with Gasteiger partial charge in [-0.25, -0.2) is 4.79 Å². The summed E-state index contributed by atoms with van der Waals surface area (Å²) in [6.45, 7) is 4.44.